The third-order valence-corrected chi connectivity index (χ3v) is 2.42. The normalized spacial score (nSPS) is 31.5. The van der Waals surface area contributed by atoms with Crippen molar-refractivity contribution in [2.45, 2.75) is 26.1 Å². The Balaban J connectivity index is 2.64. The van der Waals surface area contributed by atoms with E-state index in [0.717, 1.165) is 0 Å². The minimum Gasteiger partial charge on any atom is -0.481 e. The molecule has 0 aromatic carbocycles. The number of β-lactam (4-membered cyclic amide) rings is 1. The van der Waals surface area contributed by atoms with Crippen LogP contribution in [0.25, 0.3) is 0 Å². The number of hydrogen-bond donors (Lipinski definition) is 2. The molecule has 0 saturated carbocycles. The molecule has 0 bridgehead atoms. The second kappa shape index (κ2) is 3.32. The van der Waals surface area contributed by atoms with Crippen molar-refractivity contribution in [1.29, 1.82) is 0 Å². The quantitative estimate of drug-likeness (QED) is 0.622. The smallest absolute Gasteiger partial charge is 0.308 e. The van der Waals surface area contributed by atoms with Crippen LogP contribution in [-0.2, 0) is 9.59 Å². The zero-order valence-electron chi connectivity index (χ0n) is 7.45. The summed E-state index contributed by atoms with van der Waals surface area (Å²) in [7, 11) is 0. The number of rotatable bonds is 3. The van der Waals surface area contributed by atoms with Gasteiger partial charge in [0.15, 0.2) is 0 Å². The van der Waals surface area contributed by atoms with E-state index in [1.165, 1.54) is 13.8 Å². The number of carboxylic acid groups (broad SMARTS) is 1. The van der Waals surface area contributed by atoms with E-state index in [1.54, 1.807) is 0 Å². The number of hydrogen-bond acceptors (Lipinski definition) is 2. The molecular weight excluding hydrogens is 177 g/mol. The van der Waals surface area contributed by atoms with Crippen LogP contribution in [0.1, 0.15) is 13.8 Å². The molecule has 4 unspecified atom stereocenters. The molecule has 0 spiro atoms. The number of aliphatic carboxylic acids is 1. The molecule has 4 atom stereocenters. The monoisotopic (exact) mass is 189 g/mol. The number of carbonyl (C=O) groups is 2. The van der Waals surface area contributed by atoms with E-state index < -0.39 is 35.9 Å². The first-order chi connectivity index (χ1) is 5.95. The van der Waals surface area contributed by atoms with E-state index in [2.05, 4.69) is 5.32 Å². The highest BCUT2D eigenvalue weighted by atomic mass is 19.1. The maximum atomic E-state index is 12.8. The van der Waals surface area contributed by atoms with Gasteiger partial charge in [0.1, 0.15) is 6.17 Å². The van der Waals surface area contributed by atoms with E-state index >= 15 is 0 Å². The van der Waals surface area contributed by atoms with Crippen molar-refractivity contribution in [2.75, 3.05) is 0 Å². The molecule has 13 heavy (non-hydrogen) atoms. The Kier molecular flexibility index (Phi) is 2.54. The summed E-state index contributed by atoms with van der Waals surface area (Å²) < 4.78 is 12.8. The molecule has 2 N–H and O–H groups in total. The SMILES string of the molecule is CC(F)C1C(=O)NC1C(C)C(=O)O. The Bertz CT molecular complexity index is 242. The minimum absolute atomic E-state index is 0.395. The summed E-state index contributed by atoms with van der Waals surface area (Å²) in [5, 5.41) is 11.0. The molecule has 1 fully saturated rings. The number of alkyl halides is 1. The second-order valence-electron chi connectivity index (χ2n) is 3.36. The van der Waals surface area contributed by atoms with Crippen LogP contribution < -0.4 is 5.32 Å². The number of amides is 1. The van der Waals surface area contributed by atoms with E-state index in [4.69, 9.17) is 5.11 Å². The molecule has 1 aliphatic heterocycles. The molecule has 1 amide bonds. The Morgan fingerprint density at radius 1 is 1.62 bits per heavy atom. The fraction of sp³-hybridized carbons (Fsp3) is 0.750. The van der Waals surface area contributed by atoms with E-state index in [0.29, 0.717) is 0 Å². The Hall–Kier alpha value is -1.13. The summed E-state index contributed by atoms with van der Waals surface area (Å²) in [6, 6.07) is -0.565. The summed E-state index contributed by atoms with van der Waals surface area (Å²) in [5.74, 6) is -2.95. The van der Waals surface area contributed by atoms with Crippen molar-refractivity contribution in [3.8, 4) is 0 Å². The molecule has 1 heterocycles. The van der Waals surface area contributed by atoms with Crippen LogP contribution in [0.2, 0.25) is 0 Å². The van der Waals surface area contributed by atoms with Gasteiger partial charge in [-0.1, -0.05) is 0 Å². The highest BCUT2D eigenvalue weighted by molar-refractivity contribution is 5.88. The predicted octanol–water partition coefficient (Wildman–Crippen LogP) is 0.180. The fourth-order valence-corrected chi connectivity index (χ4v) is 1.50. The molecule has 0 aromatic heterocycles. The van der Waals surface area contributed by atoms with Gasteiger partial charge >= 0.3 is 5.97 Å². The van der Waals surface area contributed by atoms with Crippen molar-refractivity contribution in [3.63, 3.8) is 0 Å². The first kappa shape index (κ1) is 9.95. The fourth-order valence-electron chi connectivity index (χ4n) is 1.50. The third kappa shape index (κ3) is 1.64. The first-order valence-electron chi connectivity index (χ1n) is 4.12. The predicted molar refractivity (Wildman–Crippen MR) is 42.8 cm³/mol. The molecule has 1 saturated heterocycles. The minimum atomic E-state index is -1.29. The van der Waals surface area contributed by atoms with Gasteiger partial charge in [0.2, 0.25) is 5.91 Å². The van der Waals surface area contributed by atoms with Crippen LogP contribution >= 0.6 is 0 Å². The zero-order valence-corrected chi connectivity index (χ0v) is 7.45. The van der Waals surface area contributed by atoms with Gasteiger partial charge in [-0.2, -0.15) is 0 Å². The van der Waals surface area contributed by atoms with Crippen molar-refractivity contribution in [2.24, 2.45) is 11.8 Å². The standard InChI is InChI=1S/C8H12FNO3/c1-3(8(12)13)6-5(4(2)9)7(11)10-6/h3-6H,1-2H3,(H,10,11)(H,12,13). The van der Waals surface area contributed by atoms with E-state index in [-0.39, 0.29) is 0 Å². The Morgan fingerprint density at radius 3 is 2.46 bits per heavy atom. The topological polar surface area (TPSA) is 66.4 Å². The molecule has 1 aliphatic rings. The van der Waals surface area contributed by atoms with Gasteiger partial charge in [-0.05, 0) is 13.8 Å². The molecule has 1 rings (SSSR count). The highest BCUT2D eigenvalue weighted by Crippen LogP contribution is 2.27. The van der Waals surface area contributed by atoms with Gasteiger partial charge in [0.05, 0.1) is 17.9 Å². The van der Waals surface area contributed by atoms with Gasteiger partial charge in [0.25, 0.3) is 0 Å². The number of carbonyl (C=O) groups excluding carboxylic acids is 1. The Labute approximate surface area is 75.1 Å². The maximum absolute atomic E-state index is 12.8. The molecule has 0 aromatic rings. The van der Waals surface area contributed by atoms with Crippen LogP contribution in [0, 0.1) is 11.8 Å². The van der Waals surface area contributed by atoms with Crippen LogP contribution in [0.15, 0.2) is 0 Å². The lowest BCUT2D eigenvalue weighted by molar-refractivity contribution is -0.150. The zero-order chi connectivity index (χ0) is 10.2. The van der Waals surface area contributed by atoms with Gasteiger partial charge in [-0.15, -0.1) is 0 Å². The van der Waals surface area contributed by atoms with Gasteiger partial charge < -0.3 is 10.4 Å². The van der Waals surface area contributed by atoms with Gasteiger partial charge in [-0.25, -0.2) is 4.39 Å². The number of carboxylic acids is 1. The Morgan fingerprint density at radius 2 is 2.15 bits per heavy atom. The number of halogens is 1. The highest BCUT2D eigenvalue weighted by Gasteiger charge is 2.47. The average molecular weight is 189 g/mol. The molecule has 4 nitrogen and oxygen atoms in total. The lowest BCUT2D eigenvalue weighted by atomic mass is 9.79. The second-order valence-corrected chi connectivity index (χ2v) is 3.36. The van der Waals surface area contributed by atoms with Gasteiger partial charge in [-0.3, -0.25) is 9.59 Å². The molecule has 74 valence electrons. The van der Waals surface area contributed by atoms with Crippen LogP contribution in [0.3, 0.4) is 0 Å². The lowest BCUT2D eigenvalue weighted by Gasteiger charge is -2.39. The van der Waals surface area contributed by atoms with E-state index in [9.17, 15) is 14.0 Å². The van der Waals surface area contributed by atoms with Crippen molar-refractivity contribution in [1.82, 2.24) is 5.32 Å². The maximum Gasteiger partial charge on any atom is 0.308 e. The van der Waals surface area contributed by atoms with Crippen LogP contribution in [0.4, 0.5) is 4.39 Å². The summed E-state index contributed by atoms with van der Waals surface area (Å²) in [6.45, 7) is 2.73. The molecule has 0 aliphatic carbocycles. The summed E-state index contributed by atoms with van der Waals surface area (Å²) in [6.07, 6.45) is -1.29. The van der Waals surface area contributed by atoms with E-state index in [1.807, 2.05) is 0 Å². The number of nitrogens with one attached hydrogen (secondary N) is 1. The summed E-state index contributed by atoms with van der Waals surface area (Å²) in [4.78, 5) is 21.4. The molecular formula is C8H12FNO3. The van der Waals surface area contributed by atoms with Crippen molar-refractivity contribution < 1.29 is 19.1 Å². The summed E-state index contributed by atoms with van der Waals surface area (Å²) in [5.41, 5.74) is 0. The molecule has 5 heteroatoms. The first-order valence-corrected chi connectivity index (χ1v) is 4.12. The third-order valence-electron chi connectivity index (χ3n) is 2.42. The van der Waals surface area contributed by atoms with Crippen molar-refractivity contribution >= 4 is 11.9 Å². The van der Waals surface area contributed by atoms with Crippen molar-refractivity contribution in [3.05, 3.63) is 0 Å². The largest absolute Gasteiger partial charge is 0.481 e. The lowest BCUT2D eigenvalue weighted by Crippen LogP contribution is -2.64. The van der Waals surface area contributed by atoms with Gasteiger partial charge in [0, 0.05) is 0 Å². The van der Waals surface area contributed by atoms with Crippen LogP contribution in [-0.4, -0.2) is 29.2 Å². The molecule has 0 radical (unpaired) electrons. The summed E-state index contributed by atoms with van der Waals surface area (Å²) >= 11 is 0. The average Bonchev–Trinajstić information content (AvgIpc) is 1.97. The van der Waals surface area contributed by atoms with Crippen LogP contribution in [0.5, 0.6) is 0 Å².